The first-order valence-electron chi connectivity index (χ1n) is 4.48. The standard InChI is InChI=1S/C9H17N3O/c1-4-11-9(13)5-6-12(3)8(2)7-10/h8H,4-6H2,1-3H3,(H,11,13). The van der Waals surface area contributed by atoms with E-state index in [1.807, 2.05) is 25.8 Å². The molecule has 0 aromatic heterocycles. The molecule has 1 unspecified atom stereocenters. The van der Waals surface area contributed by atoms with Gasteiger partial charge in [-0.3, -0.25) is 9.69 Å². The summed E-state index contributed by atoms with van der Waals surface area (Å²) in [5.74, 6) is 0.0412. The van der Waals surface area contributed by atoms with Crippen LogP contribution in [-0.4, -0.2) is 37.0 Å². The Kier molecular flexibility index (Phi) is 5.90. The van der Waals surface area contributed by atoms with Gasteiger partial charge in [0.05, 0.1) is 12.1 Å². The van der Waals surface area contributed by atoms with Gasteiger partial charge in [0.2, 0.25) is 5.91 Å². The van der Waals surface area contributed by atoms with Crippen molar-refractivity contribution in [1.29, 1.82) is 5.26 Å². The van der Waals surface area contributed by atoms with Crippen molar-refractivity contribution in [3.05, 3.63) is 0 Å². The van der Waals surface area contributed by atoms with Crippen LogP contribution in [0.5, 0.6) is 0 Å². The highest BCUT2D eigenvalue weighted by Gasteiger charge is 2.08. The number of amides is 1. The van der Waals surface area contributed by atoms with E-state index in [1.54, 1.807) is 0 Å². The molecule has 74 valence electrons. The quantitative estimate of drug-likeness (QED) is 0.669. The van der Waals surface area contributed by atoms with E-state index in [0.29, 0.717) is 19.5 Å². The Morgan fingerprint density at radius 2 is 2.31 bits per heavy atom. The molecule has 0 saturated heterocycles. The zero-order valence-electron chi connectivity index (χ0n) is 8.50. The Balaban J connectivity index is 3.64. The third-order valence-corrected chi connectivity index (χ3v) is 1.91. The zero-order valence-corrected chi connectivity index (χ0v) is 8.50. The predicted molar refractivity (Wildman–Crippen MR) is 51.0 cm³/mol. The number of carbonyl (C=O) groups excluding carboxylic acids is 1. The van der Waals surface area contributed by atoms with Crippen molar-refractivity contribution in [2.24, 2.45) is 0 Å². The van der Waals surface area contributed by atoms with Crippen LogP contribution >= 0.6 is 0 Å². The number of nitrogens with zero attached hydrogens (tertiary/aromatic N) is 2. The summed E-state index contributed by atoms with van der Waals surface area (Å²) in [5.41, 5.74) is 0. The third-order valence-electron chi connectivity index (χ3n) is 1.91. The maximum Gasteiger partial charge on any atom is 0.221 e. The fourth-order valence-corrected chi connectivity index (χ4v) is 0.856. The highest BCUT2D eigenvalue weighted by Crippen LogP contribution is 1.94. The Morgan fingerprint density at radius 3 is 2.77 bits per heavy atom. The average Bonchev–Trinajstić information content (AvgIpc) is 2.13. The fourth-order valence-electron chi connectivity index (χ4n) is 0.856. The summed E-state index contributed by atoms with van der Waals surface area (Å²) in [5, 5.41) is 11.3. The molecule has 0 rings (SSSR count). The number of nitrogens with one attached hydrogen (secondary N) is 1. The summed E-state index contributed by atoms with van der Waals surface area (Å²) in [4.78, 5) is 12.9. The van der Waals surface area contributed by atoms with Crippen molar-refractivity contribution in [3.8, 4) is 6.07 Å². The number of hydrogen-bond donors (Lipinski definition) is 1. The van der Waals surface area contributed by atoms with E-state index < -0.39 is 0 Å². The zero-order chi connectivity index (χ0) is 10.3. The van der Waals surface area contributed by atoms with Gasteiger partial charge in [-0.05, 0) is 20.9 Å². The van der Waals surface area contributed by atoms with Gasteiger partial charge in [0.1, 0.15) is 0 Å². The van der Waals surface area contributed by atoms with Crippen molar-refractivity contribution in [3.63, 3.8) is 0 Å². The van der Waals surface area contributed by atoms with Gasteiger partial charge >= 0.3 is 0 Å². The highest BCUT2D eigenvalue weighted by atomic mass is 16.1. The molecule has 0 heterocycles. The molecule has 0 aromatic rings. The minimum absolute atomic E-state index is 0.0412. The minimum Gasteiger partial charge on any atom is -0.356 e. The Labute approximate surface area is 79.5 Å². The maximum absolute atomic E-state index is 11.0. The van der Waals surface area contributed by atoms with Crippen molar-refractivity contribution in [2.75, 3.05) is 20.1 Å². The Bertz CT molecular complexity index is 198. The van der Waals surface area contributed by atoms with Crippen LogP contribution in [-0.2, 0) is 4.79 Å². The monoisotopic (exact) mass is 183 g/mol. The average molecular weight is 183 g/mol. The first kappa shape index (κ1) is 11.9. The maximum atomic E-state index is 11.0. The second kappa shape index (κ2) is 6.44. The first-order valence-corrected chi connectivity index (χ1v) is 4.48. The third kappa shape index (κ3) is 5.21. The number of nitriles is 1. The molecule has 4 heteroatoms. The lowest BCUT2D eigenvalue weighted by molar-refractivity contribution is -0.121. The van der Waals surface area contributed by atoms with Crippen LogP contribution in [0.15, 0.2) is 0 Å². The second-order valence-corrected chi connectivity index (χ2v) is 2.99. The molecule has 0 bridgehead atoms. The molecule has 1 amide bonds. The van der Waals surface area contributed by atoms with Gasteiger partial charge < -0.3 is 5.32 Å². The number of hydrogen-bond acceptors (Lipinski definition) is 3. The molecular weight excluding hydrogens is 166 g/mol. The summed E-state index contributed by atoms with van der Waals surface area (Å²) in [6, 6.07) is 1.98. The summed E-state index contributed by atoms with van der Waals surface area (Å²) in [6.45, 7) is 4.99. The van der Waals surface area contributed by atoms with Crippen LogP contribution in [0.1, 0.15) is 20.3 Å². The Hall–Kier alpha value is -1.08. The van der Waals surface area contributed by atoms with Crippen molar-refractivity contribution in [2.45, 2.75) is 26.3 Å². The second-order valence-electron chi connectivity index (χ2n) is 2.99. The van der Waals surface area contributed by atoms with E-state index in [-0.39, 0.29) is 11.9 Å². The van der Waals surface area contributed by atoms with Crippen LogP contribution in [0.2, 0.25) is 0 Å². The predicted octanol–water partition coefficient (Wildman–Crippen LogP) is 0.356. The summed E-state index contributed by atoms with van der Waals surface area (Å²) in [7, 11) is 1.84. The topological polar surface area (TPSA) is 56.1 Å². The van der Waals surface area contributed by atoms with Crippen LogP contribution < -0.4 is 5.32 Å². The summed E-state index contributed by atoms with van der Waals surface area (Å²) < 4.78 is 0. The van der Waals surface area contributed by atoms with Crippen molar-refractivity contribution >= 4 is 5.91 Å². The first-order chi connectivity index (χ1) is 6.11. The normalized spacial score (nSPS) is 12.2. The van der Waals surface area contributed by atoms with Crippen molar-refractivity contribution < 1.29 is 4.79 Å². The van der Waals surface area contributed by atoms with Crippen LogP contribution in [0.4, 0.5) is 0 Å². The molecule has 0 fully saturated rings. The molecule has 0 aromatic carbocycles. The van der Waals surface area contributed by atoms with E-state index in [4.69, 9.17) is 5.26 Å². The van der Waals surface area contributed by atoms with Gasteiger partial charge in [0.15, 0.2) is 0 Å². The van der Waals surface area contributed by atoms with E-state index in [9.17, 15) is 4.79 Å². The lowest BCUT2D eigenvalue weighted by atomic mass is 10.3. The lowest BCUT2D eigenvalue weighted by Gasteiger charge is -2.17. The highest BCUT2D eigenvalue weighted by molar-refractivity contribution is 5.75. The molecule has 0 radical (unpaired) electrons. The fraction of sp³-hybridized carbons (Fsp3) is 0.778. The molecule has 0 aliphatic rings. The summed E-state index contributed by atoms with van der Waals surface area (Å²) >= 11 is 0. The molecule has 13 heavy (non-hydrogen) atoms. The van der Waals surface area contributed by atoms with Gasteiger partial charge in [-0.15, -0.1) is 0 Å². The molecular formula is C9H17N3O. The van der Waals surface area contributed by atoms with E-state index in [1.165, 1.54) is 0 Å². The molecule has 0 aliphatic carbocycles. The van der Waals surface area contributed by atoms with Gasteiger partial charge in [-0.1, -0.05) is 0 Å². The van der Waals surface area contributed by atoms with E-state index >= 15 is 0 Å². The van der Waals surface area contributed by atoms with E-state index in [0.717, 1.165) is 0 Å². The summed E-state index contributed by atoms with van der Waals surface area (Å²) in [6.07, 6.45) is 0.455. The molecule has 1 N–H and O–H groups in total. The molecule has 4 nitrogen and oxygen atoms in total. The molecule has 0 saturated carbocycles. The van der Waals surface area contributed by atoms with Crippen LogP contribution in [0.25, 0.3) is 0 Å². The van der Waals surface area contributed by atoms with Gasteiger partial charge in [-0.2, -0.15) is 5.26 Å². The lowest BCUT2D eigenvalue weighted by Crippen LogP contribution is -2.32. The SMILES string of the molecule is CCNC(=O)CCN(C)C(C)C#N. The largest absolute Gasteiger partial charge is 0.356 e. The van der Waals surface area contributed by atoms with Crippen molar-refractivity contribution in [1.82, 2.24) is 10.2 Å². The van der Waals surface area contributed by atoms with Crippen LogP contribution in [0.3, 0.4) is 0 Å². The Morgan fingerprint density at radius 1 is 1.69 bits per heavy atom. The smallest absolute Gasteiger partial charge is 0.221 e. The van der Waals surface area contributed by atoms with Gasteiger partial charge in [0.25, 0.3) is 0 Å². The van der Waals surface area contributed by atoms with Gasteiger partial charge in [0, 0.05) is 19.5 Å². The molecule has 1 atom stereocenters. The minimum atomic E-state index is -0.130. The van der Waals surface area contributed by atoms with Crippen LogP contribution in [0, 0.1) is 11.3 Å². The molecule has 0 spiro atoms. The van der Waals surface area contributed by atoms with Gasteiger partial charge in [-0.25, -0.2) is 0 Å². The molecule has 0 aliphatic heterocycles. The number of carbonyl (C=O) groups is 1. The number of rotatable bonds is 5. The van der Waals surface area contributed by atoms with E-state index in [2.05, 4.69) is 11.4 Å².